The van der Waals surface area contributed by atoms with Gasteiger partial charge in [0.15, 0.2) is 0 Å². The molecule has 1 aromatic heterocycles. The number of thiazole rings is 1. The first-order chi connectivity index (χ1) is 14.4. The lowest BCUT2D eigenvalue weighted by Gasteiger charge is -2.29. The Labute approximate surface area is 180 Å². The molecular formula is C22H24N2O4S2. The maximum absolute atomic E-state index is 12.6. The summed E-state index contributed by atoms with van der Waals surface area (Å²) in [5.41, 5.74) is 2.89. The highest BCUT2D eigenvalue weighted by molar-refractivity contribution is 7.92. The lowest BCUT2D eigenvalue weighted by Crippen LogP contribution is -2.40. The van der Waals surface area contributed by atoms with Gasteiger partial charge in [0.25, 0.3) is 5.19 Å². The van der Waals surface area contributed by atoms with E-state index in [1.807, 2.05) is 49.4 Å². The lowest BCUT2D eigenvalue weighted by molar-refractivity contribution is 0.135. The average Bonchev–Trinajstić information content (AvgIpc) is 3.15. The van der Waals surface area contributed by atoms with Gasteiger partial charge in [0.1, 0.15) is 11.9 Å². The number of hydrogen-bond donors (Lipinski definition) is 0. The van der Waals surface area contributed by atoms with Gasteiger partial charge in [0, 0.05) is 18.5 Å². The molecule has 0 aliphatic carbocycles. The Kier molecular flexibility index (Phi) is 6.08. The molecule has 1 saturated heterocycles. The molecule has 2 heterocycles. The lowest BCUT2D eigenvalue weighted by atomic mass is 10.1. The Balaban J connectivity index is 1.35. The van der Waals surface area contributed by atoms with E-state index in [-0.39, 0.29) is 6.10 Å². The molecule has 0 unspecified atom stereocenters. The molecule has 3 aromatic rings. The van der Waals surface area contributed by atoms with Crippen molar-refractivity contribution in [3.8, 4) is 10.9 Å². The Morgan fingerprint density at radius 3 is 2.57 bits per heavy atom. The fraction of sp³-hybridized carbons (Fsp3) is 0.318. The minimum atomic E-state index is -3.45. The van der Waals surface area contributed by atoms with Crippen LogP contribution in [-0.4, -0.2) is 44.0 Å². The molecule has 0 N–H and O–H groups in total. The molecule has 30 heavy (non-hydrogen) atoms. The number of sulfonamides is 1. The van der Waals surface area contributed by atoms with Crippen LogP contribution in [0.25, 0.3) is 16.3 Å². The molecule has 0 amide bonds. The Morgan fingerprint density at radius 1 is 1.13 bits per heavy atom. The molecule has 0 saturated carbocycles. The summed E-state index contributed by atoms with van der Waals surface area (Å²) in [6.45, 7) is 2.87. The number of nitrogens with zero attached hydrogens (tertiary/aromatic N) is 2. The van der Waals surface area contributed by atoms with Crippen molar-refractivity contribution in [1.29, 1.82) is 0 Å². The summed E-state index contributed by atoms with van der Waals surface area (Å²) in [6.07, 6.45) is 2.88. The Bertz CT molecular complexity index is 1150. The van der Waals surface area contributed by atoms with Gasteiger partial charge in [0.2, 0.25) is 10.0 Å². The molecule has 1 fully saturated rings. The van der Waals surface area contributed by atoms with Crippen LogP contribution in [0.1, 0.15) is 24.0 Å². The van der Waals surface area contributed by atoms with Crippen LogP contribution in [0.2, 0.25) is 0 Å². The van der Waals surface area contributed by atoms with Crippen molar-refractivity contribution in [2.75, 3.05) is 20.2 Å². The topological polar surface area (TPSA) is 68.7 Å². The van der Waals surface area contributed by atoms with Crippen LogP contribution in [0.4, 0.5) is 0 Å². The number of benzene rings is 2. The number of piperidine rings is 1. The van der Waals surface area contributed by atoms with Crippen molar-refractivity contribution in [2.45, 2.75) is 25.9 Å². The molecular weight excluding hydrogens is 420 g/mol. The second-order valence-corrected chi connectivity index (χ2v) is 10.1. The predicted octanol–water partition coefficient (Wildman–Crippen LogP) is 4.46. The second-order valence-electron chi connectivity index (χ2n) is 7.29. The standard InChI is InChI=1S/C22H24N2O4S2/c1-16-3-5-17(6-4-16)11-14-30(25,26)24-12-9-18(10-13-24)28-22-23-20-8-7-19(27-2)15-21(20)29-22/h3-8,11,14-15,18H,9-10,12-13H2,1-2H3/b14-11+. The third-order valence-corrected chi connectivity index (χ3v) is 7.59. The number of methoxy groups -OCH3 is 1. The molecule has 6 nitrogen and oxygen atoms in total. The summed E-state index contributed by atoms with van der Waals surface area (Å²) in [5, 5.41) is 1.90. The third-order valence-electron chi connectivity index (χ3n) is 5.11. The number of aryl methyl sites for hydroxylation is 1. The SMILES string of the molecule is COc1ccc2nc(OC3CCN(S(=O)(=O)/C=C/c4ccc(C)cc4)CC3)sc2c1. The molecule has 2 aromatic carbocycles. The number of rotatable bonds is 6. The van der Waals surface area contributed by atoms with E-state index >= 15 is 0 Å². The molecule has 4 rings (SSSR count). The molecule has 0 spiro atoms. The molecule has 158 valence electrons. The van der Waals surface area contributed by atoms with Crippen LogP contribution in [0, 0.1) is 6.92 Å². The van der Waals surface area contributed by atoms with Gasteiger partial charge < -0.3 is 9.47 Å². The maximum atomic E-state index is 12.6. The maximum Gasteiger partial charge on any atom is 0.274 e. The smallest absolute Gasteiger partial charge is 0.274 e. The largest absolute Gasteiger partial charge is 0.497 e. The molecule has 0 radical (unpaired) electrons. The highest BCUT2D eigenvalue weighted by Gasteiger charge is 2.28. The summed E-state index contributed by atoms with van der Waals surface area (Å²) in [7, 11) is -1.81. The number of hydrogen-bond acceptors (Lipinski definition) is 6. The van der Waals surface area contributed by atoms with Gasteiger partial charge in [-0.1, -0.05) is 41.2 Å². The van der Waals surface area contributed by atoms with Gasteiger partial charge in [-0.2, -0.15) is 4.31 Å². The first-order valence-corrected chi connectivity index (χ1v) is 12.1. The zero-order valence-corrected chi connectivity index (χ0v) is 18.6. The second kappa shape index (κ2) is 8.75. The predicted molar refractivity (Wildman–Crippen MR) is 121 cm³/mol. The molecule has 0 bridgehead atoms. The summed E-state index contributed by atoms with van der Waals surface area (Å²) < 4.78 is 39.1. The zero-order chi connectivity index (χ0) is 21.1. The summed E-state index contributed by atoms with van der Waals surface area (Å²) in [6, 6.07) is 13.5. The van der Waals surface area contributed by atoms with Gasteiger partial charge >= 0.3 is 0 Å². The molecule has 0 atom stereocenters. The fourth-order valence-corrected chi connectivity index (χ4v) is 5.47. The first-order valence-electron chi connectivity index (χ1n) is 9.79. The fourth-order valence-electron chi connectivity index (χ4n) is 3.34. The average molecular weight is 445 g/mol. The molecule has 1 aliphatic rings. The number of aromatic nitrogens is 1. The highest BCUT2D eigenvalue weighted by Crippen LogP contribution is 2.32. The van der Waals surface area contributed by atoms with E-state index < -0.39 is 10.0 Å². The van der Waals surface area contributed by atoms with Gasteiger partial charge in [-0.05, 0) is 49.6 Å². The van der Waals surface area contributed by atoms with Gasteiger partial charge in [-0.15, -0.1) is 0 Å². The van der Waals surface area contributed by atoms with Crippen molar-refractivity contribution >= 4 is 37.7 Å². The van der Waals surface area contributed by atoms with E-state index in [4.69, 9.17) is 9.47 Å². The van der Waals surface area contributed by atoms with Crippen molar-refractivity contribution in [3.63, 3.8) is 0 Å². The number of ether oxygens (including phenoxy) is 2. The Hall–Kier alpha value is -2.42. The van der Waals surface area contributed by atoms with Crippen LogP contribution in [0.3, 0.4) is 0 Å². The zero-order valence-electron chi connectivity index (χ0n) is 16.9. The van der Waals surface area contributed by atoms with Crippen LogP contribution >= 0.6 is 11.3 Å². The van der Waals surface area contributed by atoms with Gasteiger partial charge in [0.05, 0.1) is 17.3 Å². The molecule has 8 heteroatoms. The van der Waals surface area contributed by atoms with Crippen LogP contribution < -0.4 is 9.47 Å². The highest BCUT2D eigenvalue weighted by atomic mass is 32.2. The quantitative estimate of drug-likeness (QED) is 0.562. The third kappa shape index (κ3) is 4.83. The van der Waals surface area contributed by atoms with Crippen molar-refractivity contribution in [3.05, 3.63) is 59.0 Å². The molecule has 1 aliphatic heterocycles. The van der Waals surface area contributed by atoms with Crippen LogP contribution in [0.15, 0.2) is 47.9 Å². The normalized spacial score (nSPS) is 16.3. The van der Waals surface area contributed by atoms with Crippen molar-refractivity contribution in [1.82, 2.24) is 9.29 Å². The van der Waals surface area contributed by atoms with E-state index in [9.17, 15) is 8.42 Å². The minimum absolute atomic E-state index is 0.0417. The van der Waals surface area contributed by atoms with Crippen LogP contribution in [0.5, 0.6) is 10.9 Å². The van der Waals surface area contributed by atoms with E-state index in [2.05, 4.69) is 4.98 Å². The minimum Gasteiger partial charge on any atom is -0.497 e. The van der Waals surface area contributed by atoms with E-state index in [0.717, 1.165) is 27.1 Å². The first kappa shape index (κ1) is 20.8. The van der Waals surface area contributed by atoms with Crippen molar-refractivity contribution < 1.29 is 17.9 Å². The van der Waals surface area contributed by atoms with E-state index in [1.54, 1.807) is 13.2 Å². The van der Waals surface area contributed by atoms with Crippen molar-refractivity contribution in [2.24, 2.45) is 0 Å². The summed E-state index contributed by atoms with van der Waals surface area (Å²) in [5.74, 6) is 0.787. The van der Waals surface area contributed by atoms with E-state index in [1.165, 1.54) is 21.1 Å². The van der Waals surface area contributed by atoms with Gasteiger partial charge in [-0.3, -0.25) is 0 Å². The number of fused-ring (bicyclic) bond motifs is 1. The Morgan fingerprint density at radius 2 is 1.87 bits per heavy atom. The van der Waals surface area contributed by atoms with Gasteiger partial charge in [-0.25, -0.2) is 13.4 Å². The summed E-state index contributed by atoms with van der Waals surface area (Å²) in [4.78, 5) is 4.52. The summed E-state index contributed by atoms with van der Waals surface area (Å²) >= 11 is 1.48. The monoisotopic (exact) mass is 444 g/mol. The van der Waals surface area contributed by atoms with Crippen LogP contribution in [-0.2, 0) is 10.0 Å². The van der Waals surface area contributed by atoms with E-state index in [0.29, 0.717) is 31.1 Å².